The minimum atomic E-state index is -2.22. The second-order valence-corrected chi connectivity index (χ2v) is 5.92. The molecule has 5 heteroatoms. The Labute approximate surface area is 89.1 Å². The summed E-state index contributed by atoms with van der Waals surface area (Å²) in [7, 11) is 2.68. The maximum atomic E-state index is 5.17. The van der Waals surface area contributed by atoms with E-state index in [0.717, 1.165) is 25.4 Å². The molecule has 0 aromatic heterocycles. The van der Waals surface area contributed by atoms with Crippen molar-refractivity contribution in [2.45, 2.75) is 32.7 Å². The van der Waals surface area contributed by atoms with Crippen molar-refractivity contribution < 1.29 is 13.3 Å². The first-order valence-electron chi connectivity index (χ1n) is 5.01. The van der Waals surface area contributed by atoms with Gasteiger partial charge >= 0.3 is 8.80 Å². The zero-order chi connectivity index (χ0) is 11.4. The molecule has 4 nitrogen and oxygen atoms in total. The normalized spacial score (nSPS) is 10.7. The number of nitrogens with two attached hydrogens (primary N) is 1. The van der Waals surface area contributed by atoms with Crippen molar-refractivity contribution in [2.75, 3.05) is 27.9 Å². The van der Waals surface area contributed by atoms with E-state index in [9.17, 15) is 0 Å². The highest BCUT2D eigenvalue weighted by Crippen LogP contribution is 2.13. The first kappa shape index (κ1) is 16.5. The molecular formula is C9H25NO3Si. The molecule has 0 aliphatic rings. The van der Waals surface area contributed by atoms with Crippen LogP contribution in [0.3, 0.4) is 0 Å². The quantitative estimate of drug-likeness (QED) is 0.695. The van der Waals surface area contributed by atoms with Crippen LogP contribution in [0.25, 0.3) is 0 Å². The number of rotatable bonds is 6. The summed E-state index contributed by atoms with van der Waals surface area (Å²) in [5.74, 6) is 0. The predicted octanol–water partition coefficient (Wildman–Crippen LogP) is 1.63. The molecule has 0 rings (SSSR count). The highest BCUT2D eigenvalue weighted by Gasteiger charge is 2.36. The highest BCUT2D eigenvalue weighted by atomic mass is 28.4. The zero-order valence-corrected chi connectivity index (χ0v) is 11.1. The first-order chi connectivity index (χ1) is 6.66. The molecule has 14 heavy (non-hydrogen) atoms. The van der Waals surface area contributed by atoms with Crippen molar-refractivity contribution in [2.24, 2.45) is 5.73 Å². The summed E-state index contributed by atoms with van der Waals surface area (Å²) in [6, 6.07) is 0.885. The Morgan fingerprint density at radius 2 is 1.29 bits per heavy atom. The monoisotopic (exact) mass is 223 g/mol. The molecule has 0 fully saturated rings. The van der Waals surface area contributed by atoms with Crippen molar-refractivity contribution in [3.63, 3.8) is 0 Å². The van der Waals surface area contributed by atoms with Gasteiger partial charge in [0.05, 0.1) is 0 Å². The van der Waals surface area contributed by atoms with Crippen LogP contribution in [0.1, 0.15) is 26.7 Å². The molecular weight excluding hydrogens is 198 g/mol. The summed E-state index contributed by atoms with van der Waals surface area (Å²) in [6.07, 6.45) is 2.13. The summed E-state index contributed by atoms with van der Waals surface area (Å²) in [6.45, 7) is 4.96. The van der Waals surface area contributed by atoms with Gasteiger partial charge in [-0.05, 0) is 13.0 Å². The molecule has 0 amide bonds. The van der Waals surface area contributed by atoms with Gasteiger partial charge in [-0.25, -0.2) is 0 Å². The van der Waals surface area contributed by atoms with Gasteiger partial charge in [-0.1, -0.05) is 20.3 Å². The average Bonchev–Trinajstić information content (AvgIpc) is 2.26. The van der Waals surface area contributed by atoms with Crippen LogP contribution in [0.2, 0.25) is 6.04 Å². The van der Waals surface area contributed by atoms with E-state index in [1.54, 1.807) is 21.3 Å². The lowest BCUT2D eigenvalue weighted by molar-refractivity contribution is 0.123. The second-order valence-electron chi connectivity index (χ2n) is 2.83. The van der Waals surface area contributed by atoms with E-state index >= 15 is 0 Å². The van der Waals surface area contributed by atoms with Crippen molar-refractivity contribution in [1.82, 2.24) is 0 Å². The molecule has 0 aromatic carbocycles. The Balaban J connectivity index is 0. The number of hydrogen-bond donors (Lipinski definition) is 1. The van der Waals surface area contributed by atoms with E-state index in [2.05, 4.69) is 13.8 Å². The fourth-order valence-corrected chi connectivity index (χ4v) is 2.59. The van der Waals surface area contributed by atoms with Crippen LogP contribution in [-0.4, -0.2) is 36.7 Å². The molecule has 0 spiro atoms. The molecule has 0 aliphatic carbocycles. The average molecular weight is 223 g/mol. The van der Waals surface area contributed by atoms with E-state index in [0.29, 0.717) is 0 Å². The molecule has 0 aliphatic heterocycles. The Kier molecular flexibility index (Phi) is 13.1. The summed E-state index contributed by atoms with van der Waals surface area (Å²) >= 11 is 0. The minimum absolute atomic E-state index is 0.819. The maximum Gasteiger partial charge on any atom is 0.500 e. The van der Waals surface area contributed by atoms with Gasteiger partial charge in [-0.15, -0.1) is 0 Å². The first-order valence-corrected chi connectivity index (χ1v) is 6.94. The topological polar surface area (TPSA) is 53.7 Å². The Hall–Kier alpha value is 0.0569. The van der Waals surface area contributed by atoms with E-state index in [1.807, 2.05) is 0 Å². The van der Waals surface area contributed by atoms with Gasteiger partial charge in [-0.2, -0.15) is 0 Å². The van der Waals surface area contributed by atoms with Crippen molar-refractivity contribution >= 4 is 8.80 Å². The van der Waals surface area contributed by atoms with Crippen LogP contribution < -0.4 is 5.73 Å². The smallest absolute Gasteiger partial charge is 0.377 e. The second kappa shape index (κ2) is 11.1. The van der Waals surface area contributed by atoms with Crippen LogP contribution in [0.5, 0.6) is 0 Å². The van der Waals surface area contributed by atoms with Gasteiger partial charge < -0.3 is 19.0 Å². The molecule has 2 N–H and O–H groups in total. The van der Waals surface area contributed by atoms with Gasteiger partial charge in [0.15, 0.2) is 0 Å². The molecule has 0 aromatic rings. The molecule has 0 heterocycles. The summed E-state index contributed by atoms with van der Waals surface area (Å²) in [5, 5.41) is 0. The maximum absolute atomic E-state index is 5.17. The number of hydrogen-bond acceptors (Lipinski definition) is 4. The zero-order valence-electron chi connectivity index (χ0n) is 10.1. The summed E-state index contributed by atoms with van der Waals surface area (Å²) < 4.78 is 15.5. The third kappa shape index (κ3) is 7.46. The predicted molar refractivity (Wildman–Crippen MR) is 61.2 cm³/mol. The van der Waals surface area contributed by atoms with Gasteiger partial charge in [0.25, 0.3) is 0 Å². The fraction of sp³-hybridized carbons (Fsp3) is 1.00. The van der Waals surface area contributed by atoms with E-state index in [1.165, 1.54) is 0 Å². The third-order valence-electron chi connectivity index (χ3n) is 1.78. The van der Waals surface area contributed by atoms with Gasteiger partial charge in [0.2, 0.25) is 0 Å². The Morgan fingerprint density at radius 3 is 1.36 bits per heavy atom. The van der Waals surface area contributed by atoms with Crippen LogP contribution in [0.4, 0.5) is 0 Å². The summed E-state index contributed by atoms with van der Waals surface area (Å²) in [4.78, 5) is 0. The van der Waals surface area contributed by atoms with Crippen LogP contribution in [0.15, 0.2) is 0 Å². The van der Waals surface area contributed by atoms with Crippen LogP contribution >= 0.6 is 0 Å². The SMILES string of the molecule is CCCN.CCC[Si](OC)(OC)OC. The lowest BCUT2D eigenvalue weighted by Gasteiger charge is -2.23. The lowest BCUT2D eigenvalue weighted by atomic mass is 10.5. The molecule has 0 radical (unpaired) electrons. The lowest BCUT2D eigenvalue weighted by Crippen LogP contribution is -2.42. The highest BCUT2D eigenvalue weighted by molar-refractivity contribution is 6.60. The molecule has 0 saturated heterocycles. The van der Waals surface area contributed by atoms with Crippen LogP contribution in [0, 0.1) is 0 Å². The third-order valence-corrected chi connectivity index (χ3v) is 4.76. The van der Waals surface area contributed by atoms with E-state index in [4.69, 9.17) is 19.0 Å². The minimum Gasteiger partial charge on any atom is -0.377 e. The largest absolute Gasteiger partial charge is 0.500 e. The fourth-order valence-electron chi connectivity index (χ4n) is 0.862. The summed E-state index contributed by atoms with van der Waals surface area (Å²) in [5.41, 5.74) is 5.03. The van der Waals surface area contributed by atoms with Crippen molar-refractivity contribution in [3.05, 3.63) is 0 Å². The Morgan fingerprint density at radius 1 is 0.929 bits per heavy atom. The van der Waals surface area contributed by atoms with Crippen molar-refractivity contribution in [1.29, 1.82) is 0 Å². The van der Waals surface area contributed by atoms with Crippen LogP contribution in [-0.2, 0) is 13.3 Å². The molecule has 0 atom stereocenters. The van der Waals surface area contributed by atoms with E-state index < -0.39 is 8.80 Å². The van der Waals surface area contributed by atoms with Gasteiger partial charge in [-0.3, -0.25) is 0 Å². The molecule has 0 bridgehead atoms. The van der Waals surface area contributed by atoms with Gasteiger partial charge in [0.1, 0.15) is 0 Å². The molecule has 0 unspecified atom stereocenters. The standard InChI is InChI=1S/C6H16O3Si.C3H9N/c1-5-6-10(7-2,8-3)9-4;1-2-3-4/h5-6H2,1-4H3;2-4H2,1H3. The van der Waals surface area contributed by atoms with E-state index in [-0.39, 0.29) is 0 Å². The van der Waals surface area contributed by atoms with Gasteiger partial charge in [0, 0.05) is 27.4 Å². The molecule has 0 saturated carbocycles. The molecule has 88 valence electrons. The Bertz CT molecular complexity index is 100.0. The van der Waals surface area contributed by atoms with Crippen molar-refractivity contribution in [3.8, 4) is 0 Å².